The molecule has 3 rings (SSSR count). The van der Waals surface area contributed by atoms with Crippen molar-refractivity contribution in [3.8, 4) is 0 Å². The second-order valence-corrected chi connectivity index (χ2v) is 4.65. The van der Waals surface area contributed by atoms with Gasteiger partial charge in [0.1, 0.15) is 4.70 Å². The van der Waals surface area contributed by atoms with Crippen LogP contribution in [0.2, 0.25) is 0 Å². The van der Waals surface area contributed by atoms with Crippen molar-refractivity contribution in [3.63, 3.8) is 0 Å². The van der Waals surface area contributed by atoms with Gasteiger partial charge in [0.25, 0.3) is 5.56 Å². The highest BCUT2D eigenvalue weighted by Crippen LogP contribution is 2.17. The highest BCUT2D eigenvalue weighted by atomic mass is 32.1. The van der Waals surface area contributed by atoms with Crippen LogP contribution in [0.15, 0.2) is 22.6 Å². The van der Waals surface area contributed by atoms with E-state index in [4.69, 9.17) is 0 Å². The van der Waals surface area contributed by atoms with Crippen molar-refractivity contribution in [1.29, 1.82) is 0 Å². The van der Waals surface area contributed by atoms with E-state index in [1.54, 1.807) is 10.9 Å². The first-order valence-corrected chi connectivity index (χ1v) is 5.89. The molecule has 1 atom stereocenters. The normalized spacial score (nSPS) is 21.2. The molecule has 1 aliphatic heterocycles. The third kappa shape index (κ3) is 1.39. The molecule has 1 fully saturated rings. The molecule has 1 N–H and O–H groups in total. The summed E-state index contributed by atoms with van der Waals surface area (Å²) in [4.78, 5) is 16.4. The highest BCUT2D eigenvalue weighted by Gasteiger charge is 2.18. The fourth-order valence-electron chi connectivity index (χ4n) is 2.00. The molecular formula is C10H11N3OS. The minimum Gasteiger partial charge on any atom is -0.315 e. The van der Waals surface area contributed by atoms with Crippen molar-refractivity contribution in [2.45, 2.75) is 12.5 Å². The predicted octanol–water partition coefficient (Wildman–Crippen LogP) is 0.992. The molecule has 0 aromatic carbocycles. The zero-order chi connectivity index (χ0) is 10.3. The minimum atomic E-state index is 0.101. The van der Waals surface area contributed by atoms with Crippen LogP contribution < -0.4 is 10.9 Å². The Morgan fingerprint density at radius 3 is 3.33 bits per heavy atom. The van der Waals surface area contributed by atoms with Crippen LogP contribution in [0.25, 0.3) is 10.2 Å². The number of nitrogens with zero attached hydrogens (tertiary/aromatic N) is 2. The maximum atomic E-state index is 12.1. The maximum absolute atomic E-state index is 12.1. The zero-order valence-corrected chi connectivity index (χ0v) is 8.96. The van der Waals surface area contributed by atoms with E-state index < -0.39 is 0 Å². The summed E-state index contributed by atoms with van der Waals surface area (Å²) < 4.78 is 2.53. The molecule has 0 bridgehead atoms. The number of aromatic nitrogens is 2. The summed E-state index contributed by atoms with van der Waals surface area (Å²) in [5.41, 5.74) is 0.913. The Hall–Kier alpha value is -1.20. The number of fused-ring (bicyclic) bond motifs is 1. The van der Waals surface area contributed by atoms with E-state index in [9.17, 15) is 4.79 Å². The summed E-state index contributed by atoms with van der Waals surface area (Å²) in [6, 6.07) is 2.16. The Labute approximate surface area is 90.6 Å². The maximum Gasteiger partial charge on any atom is 0.271 e. The number of hydrogen-bond donors (Lipinski definition) is 1. The van der Waals surface area contributed by atoms with Crippen LogP contribution in [-0.2, 0) is 0 Å². The largest absolute Gasteiger partial charge is 0.315 e. The Morgan fingerprint density at radius 2 is 2.53 bits per heavy atom. The van der Waals surface area contributed by atoms with Crippen LogP contribution in [0.1, 0.15) is 12.5 Å². The van der Waals surface area contributed by atoms with Gasteiger partial charge in [-0.15, -0.1) is 11.3 Å². The van der Waals surface area contributed by atoms with Gasteiger partial charge >= 0.3 is 0 Å². The van der Waals surface area contributed by atoms with Crippen LogP contribution in [0.4, 0.5) is 0 Å². The summed E-state index contributed by atoms with van der Waals surface area (Å²) >= 11 is 1.47. The Kier molecular flexibility index (Phi) is 2.07. The minimum absolute atomic E-state index is 0.101. The first-order chi connectivity index (χ1) is 7.36. The first kappa shape index (κ1) is 9.06. The van der Waals surface area contributed by atoms with Crippen molar-refractivity contribution < 1.29 is 0 Å². The zero-order valence-electron chi connectivity index (χ0n) is 8.14. The molecule has 2 aromatic rings. The smallest absolute Gasteiger partial charge is 0.271 e. The summed E-state index contributed by atoms with van der Waals surface area (Å²) in [6.07, 6.45) is 2.69. The lowest BCUT2D eigenvalue weighted by molar-refractivity contribution is 0.526. The molecule has 15 heavy (non-hydrogen) atoms. The van der Waals surface area contributed by atoms with Crippen molar-refractivity contribution in [2.75, 3.05) is 13.1 Å². The van der Waals surface area contributed by atoms with Gasteiger partial charge in [-0.1, -0.05) is 0 Å². The SMILES string of the molecule is O=c1c2sccc2ncn1[C@@H]1CCNC1. The Bertz CT molecular complexity index is 539. The van der Waals surface area contributed by atoms with Crippen LogP contribution >= 0.6 is 11.3 Å². The Balaban J connectivity index is 2.18. The molecule has 5 heteroatoms. The molecule has 0 saturated carbocycles. The summed E-state index contributed by atoms with van der Waals surface area (Å²) in [5, 5.41) is 5.17. The standard InChI is InChI=1S/C10H11N3OS/c14-10-9-8(2-4-15-9)12-6-13(10)7-1-3-11-5-7/h2,4,6-7,11H,1,3,5H2/t7-/m1/s1. The monoisotopic (exact) mass is 221 g/mol. The van der Waals surface area contributed by atoms with Crippen molar-refractivity contribution in [1.82, 2.24) is 14.9 Å². The second kappa shape index (κ2) is 3.43. The highest BCUT2D eigenvalue weighted by molar-refractivity contribution is 7.17. The molecule has 1 saturated heterocycles. The summed E-state index contributed by atoms with van der Waals surface area (Å²) in [5.74, 6) is 0. The van der Waals surface area contributed by atoms with Gasteiger partial charge in [0.15, 0.2) is 0 Å². The molecule has 1 aliphatic rings. The third-order valence-electron chi connectivity index (χ3n) is 2.82. The second-order valence-electron chi connectivity index (χ2n) is 3.74. The van der Waals surface area contributed by atoms with E-state index in [0.29, 0.717) is 0 Å². The van der Waals surface area contributed by atoms with Crippen LogP contribution in [0.3, 0.4) is 0 Å². The van der Waals surface area contributed by atoms with Crippen LogP contribution in [0.5, 0.6) is 0 Å². The van der Waals surface area contributed by atoms with Crippen molar-refractivity contribution in [2.24, 2.45) is 0 Å². The number of hydrogen-bond acceptors (Lipinski definition) is 4. The molecular weight excluding hydrogens is 210 g/mol. The molecule has 3 heterocycles. The van der Waals surface area contributed by atoms with Crippen molar-refractivity contribution in [3.05, 3.63) is 28.1 Å². The van der Waals surface area contributed by atoms with Crippen LogP contribution in [-0.4, -0.2) is 22.6 Å². The lowest BCUT2D eigenvalue weighted by Gasteiger charge is -2.11. The Morgan fingerprint density at radius 1 is 1.60 bits per heavy atom. The molecule has 0 aliphatic carbocycles. The van der Waals surface area contributed by atoms with Gasteiger partial charge in [-0.3, -0.25) is 9.36 Å². The lowest BCUT2D eigenvalue weighted by Crippen LogP contribution is -2.25. The first-order valence-electron chi connectivity index (χ1n) is 5.01. The molecule has 0 radical (unpaired) electrons. The molecule has 2 aromatic heterocycles. The molecule has 0 spiro atoms. The van der Waals surface area contributed by atoms with Gasteiger partial charge in [-0.05, 0) is 24.4 Å². The number of rotatable bonds is 1. The quantitative estimate of drug-likeness (QED) is 0.781. The number of nitrogens with one attached hydrogen (secondary N) is 1. The topological polar surface area (TPSA) is 46.9 Å². The molecule has 78 valence electrons. The molecule has 0 unspecified atom stereocenters. The van der Waals surface area contributed by atoms with E-state index in [0.717, 1.165) is 29.7 Å². The van der Waals surface area contributed by atoms with E-state index in [1.165, 1.54) is 11.3 Å². The van der Waals surface area contributed by atoms with Gasteiger partial charge in [0.2, 0.25) is 0 Å². The van der Waals surface area contributed by atoms with Crippen LogP contribution in [0, 0.1) is 0 Å². The fourth-order valence-corrected chi connectivity index (χ4v) is 2.78. The van der Waals surface area contributed by atoms with Gasteiger partial charge in [0.05, 0.1) is 17.9 Å². The molecule has 0 amide bonds. The fraction of sp³-hybridized carbons (Fsp3) is 0.400. The van der Waals surface area contributed by atoms with Gasteiger partial charge in [0, 0.05) is 6.54 Å². The summed E-state index contributed by atoms with van der Waals surface area (Å²) in [6.45, 7) is 1.86. The van der Waals surface area contributed by atoms with E-state index in [2.05, 4.69) is 10.3 Å². The third-order valence-corrected chi connectivity index (χ3v) is 3.71. The molecule has 4 nitrogen and oxygen atoms in total. The van der Waals surface area contributed by atoms with E-state index in [-0.39, 0.29) is 11.6 Å². The van der Waals surface area contributed by atoms with E-state index in [1.807, 2.05) is 11.4 Å². The average molecular weight is 221 g/mol. The predicted molar refractivity (Wildman–Crippen MR) is 60.4 cm³/mol. The van der Waals surface area contributed by atoms with Gasteiger partial charge in [-0.2, -0.15) is 0 Å². The number of thiophene rings is 1. The lowest BCUT2D eigenvalue weighted by atomic mass is 10.2. The van der Waals surface area contributed by atoms with Gasteiger partial charge < -0.3 is 5.32 Å². The van der Waals surface area contributed by atoms with E-state index >= 15 is 0 Å². The average Bonchev–Trinajstić information content (AvgIpc) is 2.87. The van der Waals surface area contributed by atoms with Crippen molar-refractivity contribution >= 4 is 21.6 Å². The van der Waals surface area contributed by atoms with Gasteiger partial charge in [-0.25, -0.2) is 4.98 Å². The summed E-state index contributed by atoms with van der Waals surface area (Å²) in [7, 11) is 0.